The molecule has 1 aliphatic rings. The topological polar surface area (TPSA) is 89.7 Å². The highest BCUT2D eigenvalue weighted by molar-refractivity contribution is 7.89. The Kier molecular flexibility index (Phi) is 4.49. The maximum atomic E-state index is 12.8. The van der Waals surface area contributed by atoms with Crippen molar-refractivity contribution < 1.29 is 17.9 Å². The van der Waals surface area contributed by atoms with Crippen LogP contribution >= 0.6 is 0 Å². The molecule has 122 valence electrons. The van der Waals surface area contributed by atoms with Gasteiger partial charge < -0.3 is 10.5 Å². The fourth-order valence-electron chi connectivity index (χ4n) is 3.02. The number of nitrogens with two attached hydrogens (primary N) is 1. The number of hydrogen-bond donors (Lipinski definition) is 1. The van der Waals surface area contributed by atoms with Crippen molar-refractivity contribution in [2.75, 3.05) is 20.2 Å². The lowest BCUT2D eigenvalue weighted by atomic mass is 9.98. The summed E-state index contributed by atoms with van der Waals surface area (Å²) in [6.07, 6.45) is 0. The first kappa shape index (κ1) is 16.8. The summed E-state index contributed by atoms with van der Waals surface area (Å²) >= 11 is 0. The summed E-state index contributed by atoms with van der Waals surface area (Å²) in [7, 11) is -2.08. The number of rotatable bonds is 4. The van der Waals surface area contributed by atoms with Crippen molar-refractivity contribution in [2.45, 2.75) is 25.7 Å². The van der Waals surface area contributed by atoms with Crippen molar-refractivity contribution in [1.29, 1.82) is 0 Å². The minimum absolute atomic E-state index is 0.0762. The number of benzene rings is 1. The number of methoxy groups -OCH3 is 1. The van der Waals surface area contributed by atoms with Gasteiger partial charge in [-0.15, -0.1) is 0 Å². The highest BCUT2D eigenvalue weighted by Gasteiger charge is 2.40. The van der Waals surface area contributed by atoms with Crippen LogP contribution in [-0.4, -0.2) is 38.8 Å². The summed E-state index contributed by atoms with van der Waals surface area (Å²) < 4.78 is 32.2. The summed E-state index contributed by atoms with van der Waals surface area (Å²) in [6.45, 7) is 5.91. The fraction of sp³-hybridized carbons (Fsp3) is 0.533. The van der Waals surface area contributed by atoms with Gasteiger partial charge in [-0.2, -0.15) is 4.31 Å². The molecule has 0 aliphatic carbocycles. The molecule has 0 bridgehead atoms. The maximum absolute atomic E-state index is 12.8. The smallest absolute Gasteiger partial charge is 0.243 e. The van der Waals surface area contributed by atoms with Crippen molar-refractivity contribution in [3.63, 3.8) is 0 Å². The second-order valence-electron chi connectivity index (χ2n) is 5.90. The minimum atomic E-state index is -3.64. The Hall–Kier alpha value is -1.60. The largest absolute Gasteiger partial charge is 0.496 e. The summed E-state index contributed by atoms with van der Waals surface area (Å²) in [5.74, 6) is -0.279. The van der Waals surface area contributed by atoms with E-state index in [4.69, 9.17) is 10.5 Å². The van der Waals surface area contributed by atoms with E-state index in [2.05, 4.69) is 0 Å². The van der Waals surface area contributed by atoms with Crippen LogP contribution < -0.4 is 10.5 Å². The van der Waals surface area contributed by atoms with Gasteiger partial charge in [0.15, 0.2) is 0 Å². The first-order valence-electron chi connectivity index (χ1n) is 7.13. The Morgan fingerprint density at radius 1 is 1.27 bits per heavy atom. The molecule has 0 radical (unpaired) electrons. The summed E-state index contributed by atoms with van der Waals surface area (Å²) in [4.78, 5) is 11.6. The standard InChI is InChI=1S/C15H22N2O4S/c1-9-5-12(6-10(2)14(9)21-4)22(19,20)17-7-11(3)13(8-17)15(16)18/h5-6,11,13H,7-8H2,1-4H3,(H2,16,18)/t11-,13-/m1/s1. The number of amides is 1. The first-order chi connectivity index (χ1) is 10.2. The Morgan fingerprint density at radius 3 is 2.23 bits per heavy atom. The van der Waals surface area contributed by atoms with Crippen LogP contribution in [0.4, 0.5) is 0 Å². The Labute approximate surface area is 131 Å². The number of carbonyl (C=O) groups is 1. The zero-order chi connectivity index (χ0) is 16.7. The van der Waals surface area contributed by atoms with E-state index >= 15 is 0 Å². The van der Waals surface area contributed by atoms with Crippen molar-refractivity contribution in [3.05, 3.63) is 23.3 Å². The molecule has 1 saturated heterocycles. The molecule has 1 aliphatic heterocycles. The van der Waals surface area contributed by atoms with E-state index in [1.54, 1.807) is 19.2 Å². The number of aryl methyl sites for hydroxylation is 2. The lowest BCUT2D eigenvalue weighted by Crippen LogP contribution is -2.32. The molecule has 0 spiro atoms. The molecular weight excluding hydrogens is 304 g/mol. The van der Waals surface area contributed by atoms with Gasteiger partial charge in [0.2, 0.25) is 15.9 Å². The second kappa shape index (κ2) is 5.89. The molecule has 6 nitrogen and oxygen atoms in total. The molecule has 2 atom stereocenters. The van der Waals surface area contributed by atoms with Crippen LogP contribution in [-0.2, 0) is 14.8 Å². The molecule has 1 amide bonds. The van der Waals surface area contributed by atoms with Crippen LogP contribution in [0.15, 0.2) is 17.0 Å². The number of carbonyl (C=O) groups excluding carboxylic acids is 1. The van der Waals surface area contributed by atoms with Gasteiger partial charge >= 0.3 is 0 Å². The van der Waals surface area contributed by atoms with E-state index in [1.807, 2.05) is 20.8 Å². The third kappa shape index (κ3) is 2.83. The molecule has 7 heteroatoms. The number of sulfonamides is 1. The molecule has 1 aromatic carbocycles. The van der Waals surface area contributed by atoms with Gasteiger partial charge in [0.05, 0.1) is 17.9 Å². The van der Waals surface area contributed by atoms with Gasteiger partial charge in [-0.05, 0) is 43.0 Å². The monoisotopic (exact) mass is 326 g/mol. The summed E-state index contributed by atoms with van der Waals surface area (Å²) in [6, 6.07) is 3.20. The highest BCUT2D eigenvalue weighted by atomic mass is 32.2. The normalized spacial score (nSPS) is 22.7. The predicted octanol–water partition coefficient (Wildman–Crippen LogP) is 1.05. The molecule has 2 N–H and O–H groups in total. The van der Waals surface area contributed by atoms with E-state index in [0.717, 1.165) is 11.1 Å². The number of nitrogens with zero attached hydrogens (tertiary/aromatic N) is 1. The van der Waals surface area contributed by atoms with Crippen LogP contribution in [0.3, 0.4) is 0 Å². The number of hydrogen-bond acceptors (Lipinski definition) is 4. The molecule has 0 aromatic heterocycles. The van der Waals surface area contributed by atoms with Gasteiger partial charge in [0.25, 0.3) is 0 Å². The minimum Gasteiger partial charge on any atom is -0.496 e. The Morgan fingerprint density at radius 2 is 1.82 bits per heavy atom. The Bertz CT molecular complexity index is 676. The van der Waals surface area contributed by atoms with Crippen molar-refractivity contribution in [3.8, 4) is 5.75 Å². The molecular formula is C15H22N2O4S. The zero-order valence-corrected chi connectivity index (χ0v) is 14.1. The fourth-order valence-corrected chi connectivity index (χ4v) is 4.76. The van der Waals surface area contributed by atoms with Crippen molar-refractivity contribution in [1.82, 2.24) is 4.31 Å². The van der Waals surface area contributed by atoms with Crippen LogP contribution in [0.5, 0.6) is 5.75 Å². The van der Waals surface area contributed by atoms with Gasteiger partial charge in [-0.25, -0.2) is 8.42 Å². The number of ether oxygens (including phenoxy) is 1. The van der Waals surface area contributed by atoms with E-state index in [1.165, 1.54) is 4.31 Å². The summed E-state index contributed by atoms with van der Waals surface area (Å²) in [5, 5.41) is 0. The van der Waals surface area contributed by atoms with Gasteiger partial charge in [-0.3, -0.25) is 4.79 Å². The average molecular weight is 326 g/mol. The lowest BCUT2D eigenvalue weighted by molar-refractivity contribution is -0.122. The van der Waals surface area contributed by atoms with E-state index < -0.39 is 21.8 Å². The summed E-state index contributed by atoms with van der Waals surface area (Å²) in [5.41, 5.74) is 6.87. The highest BCUT2D eigenvalue weighted by Crippen LogP contribution is 2.32. The maximum Gasteiger partial charge on any atom is 0.243 e. The van der Waals surface area contributed by atoms with Gasteiger partial charge in [0.1, 0.15) is 5.75 Å². The zero-order valence-electron chi connectivity index (χ0n) is 13.3. The molecule has 2 rings (SSSR count). The van der Waals surface area contributed by atoms with E-state index in [9.17, 15) is 13.2 Å². The van der Waals surface area contributed by atoms with Crippen LogP contribution in [0.2, 0.25) is 0 Å². The van der Waals surface area contributed by atoms with E-state index in [-0.39, 0.29) is 17.4 Å². The molecule has 1 aromatic rings. The van der Waals surface area contributed by atoms with Gasteiger partial charge in [-0.1, -0.05) is 6.92 Å². The van der Waals surface area contributed by atoms with Crippen LogP contribution in [0, 0.1) is 25.7 Å². The van der Waals surface area contributed by atoms with Crippen LogP contribution in [0.1, 0.15) is 18.1 Å². The first-order valence-corrected chi connectivity index (χ1v) is 8.57. The number of primary amides is 1. The third-order valence-corrected chi connectivity index (χ3v) is 6.03. The molecule has 0 unspecified atom stereocenters. The SMILES string of the molecule is COc1c(C)cc(S(=O)(=O)N2C[C@@H](C)[C@H](C(N)=O)C2)cc1C. The van der Waals surface area contributed by atoms with Crippen molar-refractivity contribution in [2.24, 2.45) is 17.6 Å². The quantitative estimate of drug-likeness (QED) is 0.895. The molecule has 0 saturated carbocycles. The molecule has 1 heterocycles. The third-order valence-electron chi connectivity index (χ3n) is 4.22. The van der Waals surface area contributed by atoms with Crippen molar-refractivity contribution >= 4 is 15.9 Å². The average Bonchev–Trinajstić information content (AvgIpc) is 2.81. The van der Waals surface area contributed by atoms with E-state index in [0.29, 0.717) is 12.3 Å². The molecule has 1 fully saturated rings. The molecule has 22 heavy (non-hydrogen) atoms. The van der Waals surface area contributed by atoms with Gasteiger partial charge in [0, 0.05) is 13.1 Å². The predicted molar refractivity (Wildman–Crippen MR) is 83.1 cm³/mol. The Balaban J connectivity index is 2.38. The lowest BCUT2D eigenvalue weighted by Gasteiger charge is -2.18. The second-order valence-corrected chi connectivity index (χ2v) is 7.84. The van der Waals surface area contributed by atoms with Crippen LogP contribution in [0.25, 0.3) is 0 Å².